The topological polar surface area (TPSA) is 35.2 Å². The zero-order valence-corrected chi connectivity index (χ0v) is 7.82. The molecule has 0 radical (unpaired) electrons. The summed E-state index contributed by atoms with van der Waals surface area (Å²) in [6.07, 6.45) is 4.86. The van der Waals surface area contributed by atoms with Gasteiger partial charge in [-0.05, 0) is 30.9 Å². The highest BCUT2D eigenvalue weighted by Crippen LogP contribution is 2.30. The quantitative estimate of drug-likeness (QED) is 0.723. The molecule has 1 aliphatic carbocycles. The van der Waals surface area contributed by atoms with E-state index in [1.807, 2.05) is 11.3 Å². The maximum absolute atomic E-state index is 4.97. The lowest BCUT2D eigenvalue weighted by Crippen LogP contribution is -2.02. The van der Waals surface area contributed by atoms with E-state index in [4.69, 9.17) is 5.90 Å². The van der Waals surface area contributed by atoms with Gasteiger partial charge < -0.3 is 4.84 Å². The van der Waals surface area contributed by atoms with Crippen LogP contribution in [-0.2, 0) is 24.1 Å². The molecule has 3 heteroatoms. The van der Waals surface area contributed by atoms with Crippen LogP contribution in [0.3, 0.4) is 0 Å². The molecular weight excluding hydrogens is 170 g/mol. The average Bonchev–Trinajstić information content (AvgIpc) is 2.58. The fourth-order valence-electron chi connectivity index (χ4n) is 1.67. The second-order valence-corrected chi connectivity index (χ2v) is 4.36. The van der Waals surface area contributed by atoms with Gasteiger partial charge in [-0.3, -0.25) is 0 Å². The summed E-state index contributed by atoms with van der Waals surface area (Å²) >= 11 is 1.93. The highest BCUT2D eigenvalue weighted by molar-refractivity contribution is 7.12. The van der Waals surface area contributed by atoms with Gasteiger partial charge >= 0.3 is 0 Å². The minimum atomic E-state index is 0.638. The Labute approximate surface area is 76.3 Å². The lowest BCUT2D eigenvalue weighted by molar-refractivity contribution is 0.141. The summed E-state index contributed by atoms with van der Waals surface area (Å²) in [5.74, 6) is 4.97. The summed E-state index contributed by atoms with van der Waals surface area (Å²) < 4.78 is 0. The minimum Gasteiger partial charge on any atom is -0.304 e. The Bertz CT molecular complexity index is 248. The first-order valence-corrected chi connectivity index (χ1v) is 5.14. The molecule has 0 fully saturated rings. The molecule has 0 saturated carbocycles. The summed E-state index contributed by atoms with van der Waals surface area (Å²) in [6.45, 7) is 0.638. The molecule has 1 aromatic heterocycles. The molecule has 0 unspecified atom stereocenters. The number of nitrogens with two attached hydrogens (primary N) is 1. The highest BCUT2D eigenvalue weighted by atomic mass is 32.1. The fourth-order valence-corrected chi connectivity index (χ4v) is 2.91. The van der Waals surface area contributed by atoms with Gasteiger partial charge in [0.25, 0.3) is 0 Å². The van der Waals surface area contributed by atoms with Crippen LogP contribution in [0.5, 0.6) is 0 Å². The van der Waals surface area contributed by atoms with E-state index in [0.29, 0.717) is 6.61 Å². The van der Waals surface area contributed by atoms with Gasteiger partial charge in [-0.15, -0.1) is 11.3 Å². The van der Waals surface area contributed by atoms with Crippen molar-refractivity contribution in [2.24, 2.45) is 5.90 Å². The van der Waals surface area contributed by atoms with E-state index in [1.54, 1.807) is 10.4 Å². The van der Waals surface area contributed by atoms with Gasteiger partial charge in [0.1, 0.15) is 0 Å². The van der Waals surface area contributed by atoms with Gasteiger partial charge in [-0.2, -0.15) is 0 Å². The van der Waals surface area contributed by atoms with E-state index in [2.05, 4.69) is 10.9 Å². The second kappa shape index (κ2) is 3.56. The second-order valence-electron chi connectivity index (χ2n) is 3.14. The van der Waals surface area contributed by atoms with Crippen molar-refractivity contribution in [3.05, 3.63) is 21.4 Å². The molecule has 1 aromatic rings. The number of hydrogen-bond donors (Lipinski definition) is 1. The molecule has 0 atom stereocenters. The third kappa shape index (κ3) is 1.53. The van der Waals surface area contributed by atoms with Crippen molar-refractivity contribution < 1.29 is 4.84 Å². The normalized spacial score (nSPS) is 15.1. The van der Waals surface area contributed by atoms with Crippen molar-refractivity contribution >= 4 is 11.3 Å². The molecule has 0 bridgehead atoms. The molecular formula is C9H13NOS. The van der Waals surface area contributed by atoms with Gasteiger partial charge in [-0.25, -0.2) is 5.90 Å². The summed E-state index contributed by atoms with van der Waals surface area (Å²) in [5, 5.41) is 0. The van der Waals surface area contributed by atoms with Crippen molar-refractivity contribution in [1.82, 2.24) is 0 Å². The molecule has 2 rings (SSSR count). The monoisotopic (exact) mass is 183 g/mol. The van der Waals surface area contributed by atoms with Crippen LogP contribution in [0.2, 0.25) is 0 Å². The van der Waals surface area contributed by atoms with E-state index < -0.39 is 0 Å². The van der Waals surface area contributed by atoms with Crippen LogP contribution < -0.4 is 5.90 Å². The molecule has 0 amide bonds. The van der Waals surface area contributed by atoms with Crippen LogP contribution in [0, 0.1) is 0 Å². The zero-order chi connectivity index (χ0) is 8.39. The van der Waals surface area contributed by atoms with Gasteiger partial charge in [0, 0.05) is 16.2 Å². The number of thiophene rings is 1. The summed E-state index contributed by atoms with van der Waals surface area (Å²) in [5.41, 5.74) is 1.56. The van der Waals surface area contributed by atoms with Crippen molar-refractivity contribution in [3.63, 3.8) is 0 Å². The Morgan fingerprint density at radius 2 is 2.42 bits per heavy atom. The third-order valence-corrected chi connectivity index (χ3v) is 3.56. The SMILES string of the molecule is NOCCc1cc2c(s1)CCC2. The summed E-state index contributed by atoms with van der Waals surface area (Å²) in [6, 6.07) is 2.31. The molecule has 2 nitrogen and oxygen atoms in total. The first-order chi connectivity index (χ1) is 5.90. The third-order valence-electron chi connectivity index (χ3n) is 2.26. The molecule has 1 aliphatic rings. The highest BCUT2D eigenvalue weighted by Gasteiger charge is 2.14. The summed E-state index contributed by atoms with van der Waals surface area (Å²) in [4.78, 5) is 7.56. The maximum Gasteiger partial charge on any atom is 0.0727 e. The predicted octanol–water partition coefficient (Wildman–Crippen LogP) is 1.67. The Hall–Kier alpha value is -0.380. The van der Waals surface area contributed by atoms with Crippen LogP contribution in [0.4, 0.5) is 0 Å². The minimum absolute atomic E-state index is 0.638. The molecule has 66 valence electrons. The molecule has 0 aromatic carbocycles. The Morgan fingerprint density at radius 3 is 3.17 bits per heavy atom. The lowest BCUT2D eigenvalue weighted by Gasteiger charge is -1.94. The van der Waals surface area contributed by atoms with E-state index in [9.17, 15) is 0 Å². The molecule has 12 heavy (non-hydrogen) atoms. The van der Waals surface area contributed by atoms with Crippen molar-refractivity contribution in [2.45, 2.75) is 25.7 Å². The van der Waals surface area contributed by atoms with E-state index in [0.717, 1.165) is 6.42 Å². The van der Waals surface area contributed by atoms with Crippen molar-refractivity contribution in [1.29, 1.82) is 0 Å². The van der Waals surface area contributed by atoms with Crippen LogP contribution >= 0.6 is 11.3 Å². The molecule has 0 saturated heterocycles. The molecule has 0 aliphatic heterocycles. The van der Waals surface area contributed by atoms with Crippen LogP contribution in [0.15, 0.2) is 6.07 Å². The molecule has 1 heterocycles. The number of rotatable bonds is 3. The average molecular weight is 183 g/mol. The van der Waals surface area contributed by atoms with E-state index >= 15 is 0 Å². The summed E-state index contributed by atoms with van der Waals surface area (Å²) in [7, 11) is 0. The zero-order valence-electron chi connectivity index (χ0n) is 7.01. The van der Waals surface area contributed by atoms with Crippen molar-refractivity contribution in [3.8, 4) is 0 Å². The molecule has 0 spiro atoms. The maximum atomic E-state index is 4.97. The Morgan fingerprint density at radius 1 is 1.50 bits per heavy atom. The fraction of sp³-hybridized carbons (Fsp3) is 0.556. The van der Waals surface area contributed by atoms with E-state index in [1.165, 1.54) is 24.1 Å². The number of fused-ring (bicyclic) bond motifs is 1. The largest absolute Gasteiger partial charge is 0.304 e. The van der Waals surface area contributed by atoms with Crippen molar-refractivity contribution in [2.75, 3.05) is 6.61 Å². The first-order valence-electron chi connectivity index (χ1n) is 4.32. The standard InChI is InChI=1S/C9H13NOS/c10-11-5-4-8-6-7-2-1-3-9(7)12-8/h6H,1-5,10H2. The lowest BCUT2D eigenvalue weighted by atomic mass is 10.2. The van der Waals surface area contributed by atoms with E-state index in [-0.39, 0.29) is 0 Å². The smallest absolute Gasteiger partial charge is 0.0727 e. The van der Waals surface area contributed by atoms with Gasteiger partial charge in [0.2, 0.25) is 0 Å². The Kier molecular flexibility index (Phi) is 2.44. The van der Waals surface area contributed by atoms with Crippen LogP contribution in [0.1, 0.15) is 21.7 Å². The predicted molar refractivity (Wildman–Crippen MR) is 50.2 cm³/mol. The Balaban J connectivity index is 2.05. The first kappa shape index (κ1) is 8.23. The molecule has 2 N–H and O–H groups in total. The number of aryl methyl sites for hydroxylation is 2. The van der Waals surface area contributed by atoms with Crippen LogP contribution in [0.25, 0.3) is 0 Å². The van der Waals surface area contributed by atoms with Crippen LogP contribution in [-0.4, -0.2) is 6.61 Å². The number of hydrogen-bond acceptors (Lipinski definition) is 3. The van der Waals surface area contributed by atoms with Gasteiger partial charge in [0.05, 0.1) is 6.61 Å². The van der Waals surface area contributed by atoms with Gasteiger partial charge in [-0.1, -0.05) is 0 Å². The van der Waals surface area contributed by atoms with Gasteiger partial charge in [0.15, 0.2) is 0 Å².